The summed E-state index contributed by atoms with van der Waals surface area (Å²) in [5.41, 5.74) is 0.880. The van der Waals surface area contributed by atoms with E-state index in [4.69, 9.17) is 0 Å². The Bertz CT molecular complexity index is 746. The van der Waals surface area contributed by atoms with Gasteiger partial charge >= 0.3 is 0 Å². The van der Waals surface area contributed by atoms with Gasteiger partial charge in [0.05, 0.1) is 4.90 Å². The predicted molar refractivity (Wildman–Crippen MR) is 100.0 cm³/mol. The average Bonchev–Trinajstić information content (AvgIpc) is 2.38. The lowest BCUT2D eigenvalue weighted by molar-refractivity contribution is 0.561. The Kier molecular flexibility index (Phi) is 5.51. The second-order valence-corrected chi connectivity index (χ2v) is 10.2. The molecule has 2 aromatic rings. The lowest BCUT2D eigenvalue weighted by Gasteiger charge is -2.24. The van der Waals surface area contributed by atoms with E-state index < -0.39 is 13.6 Å². The first kappa shape index (κ1) is 17.4. The Labute approximate surface area is 155 Å². The van der Waals surface area contributed by atoms with Crippen LogP contribution in [-0.2, 0) is 13.6 Å². The highest BCUT2D eigenvalue weighted by Crippen LogP contribution is 2.31. The lowest BCUT2D eigenvalue weighted by atomic mass is 10.1. The Morgan fingerprint density at radius 2 is 1.67 bits per heavy atom. The van der Waals surface area contributed by atoms with Crippen molar-refractivity contribution in [3.8, 4) is 0 Å². The molecule has 3 nitrogen and oxygen atoms in total. The van der Waals surface area contributed by atoms with Crippen LogP contribution in [0.5, 0.6) is 0 Å². The van der Waals surface area contributed by atoms with Gasteiger partial charge in [-0.2, -0.15) is 4.72 Å². The van der Waals surface area contributed by atoms with E-state index in [-0.39, 0.29) is 4.90 Å². The molecule has 2 rings (SSSR count). The molecule has 0 saturated heterocycles. The summed E-state index contributed by atoms with van der Waals surface area (Å²) >= 11 is 8.76. The molecule has 0 saturated carbocycles. The highest BCUT2D eigenvalue weighted by Gasteiger charge is 2.29. The Morgan fingerprint density at radius 3 is 2.24 bits per heavy atom. The molecule has 0 amide bonds. The molecule has 0 fully saturated rings. The van der Waals surface area contributed by atoms with Crippen molar-refractivity contribution in [1.82, 2.24) is 4.72 Å². The average molecular weight is 545 g/mol. The SMILES string of the molecule is CC(I)(NS(=O)(=O)c1cccc(Br)c1)c1ccc(Br)cc1. The van der Waals surface area contributed by atoms with Crippen molar-refractivity contribution < 1.29 is 8.42 Å². The monoisotopic (exact) mass is 543 g/mol. The van der Waals surface area contributed by atoms with E-state index in [2.05, 4.69) is 59.2 Å². The maximum Gasteiger partial charge on any atom is 0.242 e. The number of hydrogen-bond donors (Lipinski definition) is 1. The molecular formula is C14H12Br2INO2S. The molecule has 2 aromatic carbocycles. The number of rotatable bonds is 4. The quantitative estimate of drug-likeness (QED) is 0.341. The fourth-order valence-electron chi connectivity index (χ4n) is 1.77. The molecule has 0 bridgehead atoms. The topological polar surface area (TPSA) is 46.2 Å². The predicted octanol–water partition coefficient (Wildman–Crippen LogP) is 4.80. The van der Waals surface area contributed by atoms with Crippen LogP contribution in [0.25, 0.3) is 0 Å². The summed E-state index contributed by atoms with van der Waals surface area (Å²) in [6, 6.07) is 14.2. The van der Waals surface area contributed by atoms with Gasteiger partial charge in [-0.15, -0.1) is 0 Å². The molecule has 1 unspecified atom stereocenters. The Morgan fingerprint density at radius 1 is 1.05 bits per heavy atom. The van der Waals surface area contributed by atoms with Gasteiger partial charge in [0.2, 0.25) is 10.0 Å². The van der Waals surface area contributed by atoms with Gasteiger partial charge in [-0.1, -0.05) is 72.6 Å². The van der Waals surface area contributed by atoms with Crippen molar-refractivity contribution in [2.24, 2.45) is 0 Å². The fraction of sp³-hybridized carbons (Fsp3) is 0.143. The van der Waals surface area contributed by atoms with Crippen LogP contribution in [0.15, 0.2) is 62.4 Å². The second kappa shape index (κ2) is 6.66. The van der Waals surface area contributed by atoms with E-state index in [0.29, 0.717) is 0 Å². The summed E-state index contributed by atoms with van der Waals surface area (Å²) in [6.07, 6.45) is 0. The van der Waals surface area contributed by atoms with Crippen molar-refractivity contribution in [3.63, 3.8) is 0 Å². The molecule has 0 aliphatic heterocycles. The van der Waals surface area contributed by atoms with Crippen molar-refractivity contribution in [2.45, 2.75) is 15.4 Å². The highest BCUT2D eigenvalue weighted by molar-refractivity contribution is 14.1. The van der Waals surface area contributed by atoms with Gasteiger partial charge in [0.25, 0.3) is 0 Å². The number of alkyl halides is 1. The summed E-state index contributed by atoms with van der Waals surface area (Å²) in [4.78, 5) is 0.233. The number of sulfonamides is 1. The number of hydrogen-bond acceptors (Lipinski definition) is 2. The Hall–Kier alpha value is 0.0400. The van der Waals surface area contributed by atoms with Crippen LogP contribution in [0.1, 0.15) is 12.5 Å². The second-order valence-electron chi connectivity index (χ2n) is 4.57. The number of benzene rings is 2. The van der Waals surface area contributed by atoms with E-state index in [0.717, 1.165) is 14.5 Å². The van der Waals surface area contributed by atoms with E-state index in [1.165, 1.54) is 0 Å². The van der Waals surface area contributed by atoms with Gasteiger partial charge in [0.1, 0.15) is 3.55 Å². The normalized spacial score (nSPS) is 14.7. The minimum atomic E-state index is -3.60. The van der Waals surface area contributed by atoms with Crippen LogP contribution in [0.2, 0.25) is 0 Å². The van der Waals surface area contributed by atoms with E-state index >= 15 is 0 Å². The molecule has 0 aliphatic rings. The first-order valence-corrected chi connectivity index (χ1v) is 10.1. The van der Waals surface area contributed by atoms with Crippen molar-refractivity contribution in [1.29, 1.82) is 0 Å². The first-order valence-electron chi connectivity index (χ1n) is 5.95. The largest absolute Gasteiger partial charge is 0.242 e. The molecule has 0 heterocycles. The summed E-state index contributed by atoms with van der Waals surface area (Å²) in [5.74, 6) is 0. The van der Waals surface area contributed by atoms with Crippen LogP contribution in [0, 0.1) is 0 Å². The van der Waals surface area contributed by atoms with Crippen molar-refractivity contribution in [3.05, 3.63) is 63.0 Å². The van der Waals surface area contributed by atoms with Crippen molar-refractivity contribution >= 4 is 64.5 Å². The fourth-order valence-corrected chi connectivity index (χ4v) is 5.09. The van der Waals surface area contributed by atoms with Crippen LogP contribution in [0.4, 0.5) is 0 Å². The van der Waals surface area contributed by atoms with Crippen LogP contribution in [0.3, 0.4) is 0 Å². The molecule has 0 spiro atoms. The zero-order valence-electron chi connectivity index (χ0n) is 11.0. The third-order valence-corrected chi connectivity index (χ3v) is 6.65. The third-order valence-electron chi connectivity index (χ3n) is 2.82. The van der Waals surface area contributed by atoms with Crippen LogP contribution in [-0.4, -0.2) is 8.42 Å². The van der Waals surface area contributed by atoms with E-state index in [1.54, 1.807) is 24.3 Å². The minimum absolute atomic E-state index is 0.233. The smallest absolute Gasteiger partial charge is 0.207 e. The van der Waals surface area contributed by atoms with Gasteiger partial charge in [-0.05, 0) is 42.8 Å². The molecule has 0 aliphatic carbocycles. The first-order chi connectivity index (χ1) is 9.71. The van der Waals surface area contributed by atoms with E-state index in [9.17, 15) is 8.42 Å². The highest BCUT2D eigenvalue weighted by atomic mass is 127. The molecular weight excluding hydrogens is 533 g/mol. The van der Waals surface area contributed by atoms with Gasteiger partial charge < -0.3 is 0 Å². The Balaban J connectivity index is 2.32. The number of nitrogens with one attached hydrogen (secondary N) is 1. The molecule has 21 heavy (non-hydrogen) atoms. The lowest BCUT2D eigenvalue weighted by Crippen LogP contribution is -2.38. The number of halogens is 3. The third kappa shape index (κ3) is 4.51. The van der Waals surface area contributed by atoms with E-state index in [1.807, 2.05) is 31.2 Å². The van der Waals surface area contributed by atoms with Gasteiger partial charge in [-0.3, -0.25) is 0 Å². The maximum absolute atomic E-state index is 12.5. The molecule has 0 radical (unpaired) electrons. The molecule has 1 atom stereocenters. The molecule has 0 aromatic heterocycles. The zero-order chi connectivity index (χ0) is 15.7. The minimum Gasteiger partial charge on any atom is -0.207 e. The van der Waals surface area contributed by atoms with Crippen molar-refractivity contribution in [2.75, 3.05) is 0 Å². The van der Waals surface area contributed by atoms with Gasteiger partial charge in [0.15, 0.2) is 0 Å². The van der Waals surface area contributed by atoms with Gasteiger partial charge in [0, 0.05) is 8.95 Å². The summed E-state index contributed by atoms with van der Waals surface area (Å²) in [7, 11) is -3.60. The molecule has 112 valence electrons. The molecule has 1 N–H and O–H groups in total. The summed E-state index contributed by atoms with van der Waals surface area (Å²) in [6.45, 7) is 1.83. The zero-order valence-corrected chi connectivity index (χ0v) is 17.1. The van der Waals surface area contributed by atoms with Crippen LogP contribution < -0.4 is 4.72 Å². The van der Waals surface area contributed by atoms with Gasteiger partial charge in [-0.25, -0.2) is 8.42 Å². The standard InChI is InChI=1S/C14H12Br2INO2S/c1-14(17,10-5-7-11(15)8-6-10)18-21(19,20)13-4-2-3-12(16)9-13/h2-9,18H,1H3. The maximum atomic E-state index is 12.5. The summed E-state index contributed by atoms with van der Waals surface area (Å²) < 4.78 is 28.7. The summed E-state index contributed by atoms with van der Waals surface area (Å²) in [5, 5.41) is 0. The van der Waals surface area contributed by atoms with Crippen LogP contribution >= 0.6 is 54.5 Å². The molecule has 7 heteroatoms.